The van der Waals surface area contributed by atoms with Gasteiger partial charge in [-0.25, -0.2) is 8.42 Å². The lowest BCUT2D eigenvalue weighted by molar-refractivity contribution is -0.137. The SMILES string of the molecule is CCc1ccccc1S(=O)(=O)N1CCN(c2ccc(C#N)c(C(F)(F)F)c2)CC1C(=O)NC. The van der Waals surface area contributed by atoms with E-state index in [1.54, 1.807) is 18.2 Å². The third-order valence-electron chi connectivity index (χ3n) is 5.61. The molecule has 3 rings (SSSR count). The van der Waals surface area contributed by atoms with Crippen LogP contribution in [-0.4, -0.2) is 51.4 Å². The number of anilines is 1. The van der Waals surface area contributed by atoms with Crippen LogP contribution in [-0.2, 0) is 27.4 Å². The average molecular weight is 481 g/mol. The topological polar surface area (TPSA) is 93.5 Å². The number of alkyl halides is 3. The van der Waals surface area contributed by atoms with Crippen LogP contribution in [0.25, 0.3) is 0 Å². The van der Waals surface area contributed by atoms with Crippen LogP contribution in [0.15, 0.2) is 47.4 Å². The van der Waals surface area contributed by atoms with E-state index >= 15 is 0 Å². The molecule has 11 heteroatoms. The number of hydrogen-bond acceptors (Lipinski definition) is 5. The Bertz CT molecular complexity index is 1190. The van der Waals surface area contributed by atoms with Gasteiger partial charge in [0, 0.05) is 32.4 Å². The second-order valence-corrected chi connectivity index (χ2v) is 9.35. The molecule has 1 aliphatic rings. The van der Waals surface area contributed by atoms with Crippen LogP contribution in [0, 0.1) is 11.3 Å². The minimum Gasteiger partial charge on any atom is -0.368 e. The standard InChI is InChI=1S/C22H23F3N4O3S/c1-3-15-6-4-5-7-20(15)33(31,32)29-11-10-28(14-19(29)21(30)27-2)17-9-8-16(13-26)18(12-17)22(23,24)25/h4-9,12,19H,3,10-11,14H2,1-2H3,(H,27,30). The molecule has 1 atom stereocenters. The van der Waals surface area contributed by atoms with Gasteiger partial charge in [-0.1, -0.05) is 25.1 Å². The number of carbonyl (C=O) groups excluding carboxylic acids is 1. The van der Waals surface area contributed by atoms with Gasteiger partial charge in [-0.2, -0.15) is 22.7 Å². The summed E-state index contributed by atoms with van der Waals surface area (Å²) in [5.74, 6) is -0.568. The number of piperazine rings is 1. The maximum absolute atomic E-state index is 13.5. The van der Waals surface area contributed by atoms with Crippen molar-refractivity contribution in [3.8, 4) is 6.07 Å². The lowest BCUT2D eigenvalue weighted by Gasteiger charge is -2.40. The van der Waals surface area contributed by atoms with Gasteiger partial charge in [0.2, 0.25) is 15.9 Å². The molecule has 0 aliphatic carbocycles. The zero-order valence-electron chi connectivity index (χ0n) is 18.1. The van der Waals surface area contributed by atoms with Crippen molar-refractivity contribution in [1.82, 2.24) is 9.62 Å². The van der Waals surface area contributed by atoms with E-state index in [9.17, 15) is 26.4 Å². The van der Waals surface area contributed by atoms with Crippen molar-refractivity contribution in [1.29, 1.82) is 5.26 Å². The Kier molecular flexibility index (Phi) is 7.00. The first-order valence-corrected chi connectivity index (χ1v) is 11.7. The Morgan fingerprint density at radius 2 is 1.91 bits per heavy atom. The maximum Gasteiger partial charge on any atom is 0.417 e. The van der Waals surface area contributed by atoms with Gasteiger partial charge in [0.15, 0.2) is 0 Å². The van der Waals surface area contributed by atoms with E-state index in [1.165, 1.54) is 30.1 Å². The van der Waals surface area contributed by atoms with E-state index < -0.39 is 39.3 Å². The summed E-state index contributed by atoms with van der Waals surface area (Å²) in [6, 6.07) is 10.2. The van der Waals surface area contributed by atoms with E-state index in [1.807, 2.05) is 6.92 Å². The van der Waals surface area contributed by atoms with Gasteiger partial charge in [-0.15, -0.1) is 0 Å². The Hall–Kier alpha value is -3.10. The Morgan fingerprint density at radius 1 is 1.21 bits per heavy atom. The number of nitrogens with one attached hydrogen (secondary N) is 1. The van der Waals surface area contributed by atoms with Crippen LogP contribution in [0.1, 0.15) is 23.6 Å². The number of rotatable bonds is 5. The summed E-state index contributed by atoms with van der Waals surface area (Å²) in [6.45, 7) is 1.66. The number of amides is 1. The fourth-order valence-electron chi connectivity index (χ4n) is 3.90. The molecule has 33 heavy (non-hydrogen) atoms. The maximum atomic E-state index is 13.5. The first-order valence-electron chi connectivity index (χ1n) is 10.2. The first-order chi connectivity index (χ1) is 15.5. The molecule has 2 aromatic rings. The molecular formula is C22H23F3N4O3S. The number of carbonyl (C=O) groups is 1. The second-order valence-electron chi connectivity index (χ2n) is 7.49. The van der Waals surface area contributed by atoms with E-state index in [0.717, 1.165) is 16.4 Å². The monoisotopic (exact) mass is 480 g/mol. The number of hydrogen-bond donors (Lipinski definition) is 1. The van der Waals surface area contributed by atoms with Gasteiger partial charge in [0.25, 0.3) is 0 Å². The summed E-state index contributed by atoms with van der Waals surface area (Å²) < 4.78 is 68.2. The third-order valence-corrected chi connectivity index (χ3v) is 7.62. The number of aryl methyl sites for hydroxylation is 1. The summed E-state index contributed by atoms with van der Waals surface area (Å²) in [4.78, 5) is 14.3. The Morgan fingerprint density at radius 3 is 2.52 bits per heavy atom. The molecule has 1 fully saturated rings. The lowest BCUT2D eigenvalue weighted by atomic mass is 10.1. The molecule has 1 heterocycles. The van der Waals surface area contributed by atoms with Gasteiger partial charge in [0.1, 0.15) is 6.04 Å². The number of nitriles is 1. The van der Waals surface area contributed by atoms with Gasteiger partial charge < -0.3 is 10.2 Å². The fourth-order valence-corrected chi connectivity index (χ4v) is 5.77. The van der Waals surface area contributed by atoms with Crippen LogP contribution in [0.5, 0.6) is 0 Å². The first kappa shape index (κ1) is 24.5. The predicted molar refractivity (Wildman–Crippen MR) is 116 cm³/mol. The minimum absolute atomic E-state index is 0.0736. The zero-order valence-corrected chi connectivity index (χ0v) is 18.9. The number of benzene rings is 2. The van der Waals surface area contributed by atoms with Crippen molar-refractivity contribution in [2.45, 2.75) is 30.5 Å². The van der Waals surface area contributed by atoms with Crippen molar-refractivity contribution in [3.63, 3.8) is 0 Å². The number of likely N-dealkylation sites (N-methyl/N-ethyl adjacent to an activating group) is 1. The largest absolute Gasteiger partial charge is 0.417 e. The van der Waals surface area contributed by atoms with Crippen LogP contribution in [0.3, 0.4) is 0 Å². The van der Waals surface area contributed by atoms with E-state index in [0.29, 0.717) is 12.0 Å². The molecule has 0 spiro atoms. The summed E-state index contributed by atoms with van der Waals surface area (Å²) in [6.07, 6.45) is -4.25. The average Bonchev–Trinajstić information content (AvgIpc) is 2.82. The fraction of sp³-hybridized carbons (Fsp3) is 0.364. The molecule has 2 aromatic carbocycles. The molecule has 1 N–H and O–H groups in total. The molecule has 0 aromatic heterocycles. The van der Waals surface area contributed by atoms with Crippen LogP contribution in [0.4, 0.5) is 18.9 Å². The summed E-state index contributed by atoms with van der Waals surface area (Å²) >= 11 is 0. The van der Waals surface area contributed by atoms with Crippen LogP contribution in [0.2, 0.25) is 0 Å². The van der Waals surface area contributed by atoms with E-state index in [4.69, 9.17) is 5.26 Å². The summed E-state index contributed by atoms with van der Waals surface area (Å²) in [5, 5.41) is 11.5. The summed E-state index contributed by atoms with van der Waals surface area (Å²) in [5.41, 5.74) is -0.823. The normalized spacial score (nSPS) is 17.5. The predicted octanol–water partition coefficient (Wildman–Crippen LogP) is 2.76. The smallest absolute Gasteiger partial charge is 0.368 e. The lowest BCUT2D eigenvalue weighted by Crippen LogP contribution is -2.60. The highest BCUT2D eigenvalue weighted by Crippen LogP contribution is 2.35. The molecule has 176 valence electrons. The van der Waals surface area contributed by atoms with Crippen LogP contribution < -0.4 is 10.2 Å². The van der Waals surface area contributed by atoms with Gasteiger partial charge in [0.05, 0.1) is 22.1 Å². The number of nitrogens with zero attached hydrogens (tertiary/aromatic N) is 3. The van der Waals surface area contributed by atoms with E-state index in [-0.39, 0.29) is 30.2 Å². The molecule has 0 saturated carbocycles. The van der Waals surface area contributed by atoms with Gasteiger partial charge in [-0.3, -0.25) is 4.79 Å². The zero-order chi connectivity index (χ0) is 24.4. The molecule has 7 nitrogen and oxygen atoms in total. The minimum atomic E-state index is -4.73. The highest BCUT2D eigenvalue weighted by Gasteiger charge is 2.41. The quantitative estimate of drug-likeness (QED) is 0.711. The summed E-state index contributed by atoms with van der Waals surface area (Å²) in [7, 11) is -2.66. The number of halogens is 3. The van der Waals surface area contributed by atoms with Gasteiger partial charge >= 0.3 is 6.18 Å². The Labute approximate surface area is 190 Å². The molecule has 1 amide bonds. The number of sulfonamides is 1. The van der Waals surface area contributed by atoms with Gasteiger partial charge in [-0.05, 0) is 36.2 Å². The van der Waals surface area contributed by atoms with Crippen molar-refractivity contribution in [2.24, 2.45) is 0 Å². The molecular weight excluding hydrogens is 457 g/mol. The van der Waals surface area contributed by atoms with Crippen molar-refractivity contribution in [3.05, 3.63) is 59.2 Å². The van der Waals surface area contributed by atoms with Crippen molar-refractivity contribution < 1.29 is 26.4 Å². The van der Waals surface area contributed by atoms with Crippen LogP contribution >= 0.6 is 0 Å². The second kappa shape index (κ2) is 9.41. The highest BCUT2D eigenvalue weighted by molar-refractivity contribution is 7.89. The van der Waals surface area contributed by atoms with Crippen molar-refractivity contribution >= 4 is 21.6 Å². The highest BCUT2D eigenvalue weighted by atomic mass is 32.2. The molecule has 1 saturated heterocycles. The molecule has 1 unspecified atom stereocenters. The molecule has 0 bridgehead atoms. The Balaban J connectivity index is 1.99. The molecule has 0 radical (unpaired) electrons. The third kappa shape index (κ3) is 4.82. The van der Waals surface area contributed by atoms with Crippen molar-refractivity contribution in [2.75, 3.05) is 31.6 Å². The molecule has 1 aliphatic heterocycles. The van der Waals surface area contributed by atoms with E-state index in [2.05, 4.69) is 5.32 Å².